The second-order valence-corrected chi connectivity index (χ2v) is 6.02. The summed E-state index contributed by atoms with van der Waals surface area (Å²) in [7, 11) is 0. The molecule has 0 fully saturated rings. The van der Waals surface area contributed by atoms with Crippen LogP contribution in [0.5, 0.6) is 0 Å². The molecule has 0 aliphatic rings. The molecule has 19 heavy (non-hydrogen) atoms. The summed E-state index contributed by atoms with van der Waals surface area (Å²) in [6.45, 7) is 4.15. The van der Waals surface area contributed by atoms with Crippen LogP contribution in [0.4, 0.5) is 0 Å². The van der Waals surface area contributed by atoms with Gasteiger partial charge in [0.1, 0.15) is 0 Å². The van der Waals surface area contributed by atoms with Gasteiger partial charge in [-0.05, 0) is 43.5 Å². The molecule has 0 saturated carbocycles. The molecule has 1 aromatic heterocycles. The van der Waals surface area contributed by atoms with Crippen molar-refractivity contribution < 1.29 is 0 Å². The van der Waals surface area contributed by atoms with Crippen LogP contribution in [0.25, 0.3) is 0 Å². The monoisotopic (exact) mass is 294 g/mol. The predicted octanol–water partition coefficient (Wildman–Crippen LogP) is 3.81. The number of hydrogen-bond donors (Lipinski definition) is 1. The van der Waals surface area contributed by atoms with Crippen molar-refractivity contribution >= 4 is 22.9 Å². The van der Waals surface area contributed by atoms with Crippen LogP contribution in [-0.4, -0.2) is 18.1 Å². The van der Waals surface area contributed by atoms with E-state index in [1.807, 2.05) is 23.8 Å². The fraction of sp³-hybridized carbons (Fsp3) is 0.400. The Morgan fingerprint density at radius 3 is 2.84 bits per heavy atom. The van der Waals surface area contributed by atoms with E-state index < -0.39 is 0 Å². The number of halogens is 1. The Hall–Kier alpha value is -0.900. The van der Waals surface area contributed by atoms with Gasteiger partial charge in [0.05, 0.1) is 5.51 Å². The molecule has 0 aliphatic carbocycles. The minimum absolute atomic E-state index is 0.556. The van der Waals surface area contributed by atoms with Crippen molar-refractivity contribution in [3.63, 3.8) is 0 Å². The molecule has 1 N–H and O–H groups in total. The molecule has 102 valence electrons. The lowest BCUT2D eigenvalue weighted by Gasteiger charge is -2.17. The van der Waals surface area contributed by atoms with E-state index in [1.165, 1.54) is 10.4 Å². The van der Waals surface area contributed by atoms with E-state index in [9.17, 15) is 0 Å². The summed E-state index contributed by atoms with van der Waals surface area (Å²) in [5.41, 5.74) is 3.13. The molecule has 2 rings (SSSR count). The van der Waals surface area contributed by atoms with Crippen LogP contribution in [0.3, 0.4) is 0 Å². The maximum atomic E-state index is 6.25. The lowest BCUT2D eigenvalue weighted by molar-refractivity contribution is 0.481. The first-order valence-corrected chi connectivity index (χ1v) is 7.86. The average Bonchev–Trinajstić information content (AvgIpc) is 2.91. The van der Waals surface area contributed by atoms with Crippen LogP contribution in [0.1, 0.15) is 17.4 Å². The predicted molar refractivity (Wildman–Crippen MR) is 83.0 cm³/mol. The lowest BCUT2D eigenvalue weighted by Crippen LogP contribution is -2.25. The van der Waals surface area contributed by atoms with Crippen molar-refractivity contribution in [1.82, 2.24) is 10.3 Å². The zero-order chi connectivity index (χ0) is 13.5. The topological polar surface area (TPSA) is 24.9 Å². The summed E-state index contributed by atoms with van der Waals surface area (Å²) in [5, 5.41) is 4.31. The van der Waals surface area contributed by atoms with Crippen molar-refractivity contribution in [1.29, 1.82) is 0 Å². The number of benzene rings is 1. The number of nitrogens with one attached hydrogen (secondary N) is 1. The van der Waals surface area contributed by atoms with E-state index in [-0.39, 0.29) is 0 Å². The van der Waals surface area contributed by atoms with E-state index in [0.717, 1.165) is 31.0 Å². The molecule has 0 amide bonds. The van der Waals surface area contributed by atoms with Crippen molar-refractivity contribution in [2.75, 3.05) is 13.1 Å². The molecule has 0 aliphatic heterocycles. The van der Waals surface area contributed by atoms with Crippen LogP contribution in [-0.2, 0) is 12.8 Å². The summed E-state index contributed by atoms with van der Waals surface area (Å²) < 4.78 is 0. The highest BCUT2D eigenvalue weighted by molar-refractivity contribution is 7.09. The summed E-state index contributed by atoms with van der Waals surface area (Å²) >= 11 is 7.98. The van der Waals surface area contributed by atoms with Crippen molar-refractivity contribution in [2.45, 2.75) is 19.8 Å². The molecule has 0 bridgehead atoms. The lowest BCUT2D eigenvalue weighted by atomic mass is 9.95. The van der Waals surface area contributed by atoms with Crippen molar-refractivity contribution in [3.05, 3.63) is 51.4 Å². The fourth-order valence-corrected chi connectivity index (χ4v) is 3.09. The minimum atomic E-state index is 0.556. The Morgan fingerprint density at radius 1 is 1.32 bits per heavy atom. The highest BCUT2D eigenvalue weighted by atomic mass is 35.5. The Morgan fingerprint density at radius 2 is 2.16 bits per heavy atom. The third-order valence-corrected chi connectivity index (χ3v) is 4.29. The number of rotatable bonds is 7. The van der Waals surface area contributed by atoms with Gasteiger partial charge < -0.3 is 5.32 Å². The van der Waals surface area contributed by atoms with Gasteiger partial charge in [0.15, 0.2) is 0 Å². The summed E-state index contributed by atoms with van der Waals surface area (Å²) in [6, 6.07) is 8.12. The first-order chi connectivity index (χ1) is 9.29. The molecule has 1 atom stereocenters. The van der Waals surface area contributed by atoms with Crippen molar-refractivity contribution in [3.8, 4) is 0 Å². The molecule has 2 aromatic rings. The molecular formula is C15H19ClN2S. The molecule has 0 spiro atoms. The average molecular weight is 295 g/mol. The van der Waals surface area contributed by atoms with Crippen LogP contribution >= 0.6 is 22.9 Å². The van der Waals surface area contributed by atoms with Gasteiger partial charge in [-0.15, -0.1) is 11.3 Å². The zero-order valence-electron chi connectivity index (χ0n) is 11.1. The number of thiazole rings is 1. The summed E-state index contributed by atoms with van der Waals surface area (Å²) in [4.78, 5) is 5.49. The van der Waals surface area contributed by atoms with E-state index in [0.29, 0.717) is 5.92 Å². The minimum Gasteiger partial charge on any atom is -0.317 e. The Bertz CT molecular complexity index is 485. The van der Waals surface area contributed by atoms with Gasteiger partial charge in [-0.25, -0.2) is 0 Å². The smallest absolute Gasteiger partial charge is 0.0794 e. The van der Waals surface area contributed by atoms with Gasteiger partial charge in [0, 0.05) is 16.1 Å². The van der Waals surface area contributed by atoms with Gasteiger partial charge in [-0.2, -0.15) is 0 Å². The highest BCUT2D eigenvalue weighted by Crippen LogP contribution is 2.22. The summed E-state index contributed by atoms with van der Waals surface area (Å²) in [6.07, 6.45) is 4.03. The van der Waals surface area contributed by atoms with Crippen molar-refractivity contribution in [2.24, 2.45) is 5.92 Å². The molecule has 4 heteroatoms. The fourth-order valence-electron chi connectivity index (χ4n) is 2.17. The molecular weight excluding hydrogens is 276 g/mol. The second-order valence-electron chi connectivity index (χ2n) is 4.64. The van der Waals surface area contributed by atoms with Gasteiger partial charge >= 0.3 is 0 Å². The third kappa shape index (κ3) is 4.60. The quantitative estimate of drug-likeness (QED) is 0.840. The highest BCUT2D eigenvalue weighted by Gasteiger charge is 2.13. The molecule has 1 unspecified atom stereocenters. The maximum Gasteiger partial charge on any atom is 0.0794 e. The molecule has 1 aromatic carbocycles. The third-order valence-electron chi connectivity index (χ3n) is 3.12. The maximum absolute atomic E-state index is 6.25. The number of hydrogen-bond acceptors (Lipinski definition) is 3. The first-order valence-electron chi connectivity index (χ1n) is 6.61. The normalized spacial score (nSPS) is 12.5. The van der Waals surface area contributed by atoms with E-state index in [2.05, 4.69) is 29.4 Å². The molecule has 0 radical (unpaired) electrons. The Kier molecular flexibility index (Phi) is 5.83. The molecule has 0 saturated heterocycles. The van der Waals surface area contributed by atoms with Crippen LogP contribution in [0.15, 0.2) is 36.0 Å². The second kappa shape index (κ2) is 7.63. The number of nitrogens with zero attached hydrogens (tertiary/aromatic N) is 1. The zero-order valence-corrected chi connectivity index (χ0v) is 12.7. The van der Waals surface area contributed by atoms with E-state index in [1.54, 1.807) is 11.3 Å². The van der Waals surface area contributed by atoms with E-state index >= 15 is 0 Å². The first kappa shape index (κ1) is 14.5. The standard InChI is InChI=1S/C15H19ClN2S/c1-2-17-9-12(8-14-10-18-11-19-14)7-13-5-3-4-6-15(13)16/h3-6,10-12,17H,2,7-9H2,1H3. The summed E-state index contributed by atoms with van der Waals surface area (Å²) in [5.74, 6) is 0.556. The van der Waals surface area contributed by atoms with Crippen LogP contribution in [0, 0.1) is 5.92 Å². The molecule has 1 heterocycles. The van der Waals surface area contributed by atoms with Crippen LogP contribution in [0.2, 0.25) is 5.02 Å². The van der Waals surface area contributed by atoms with Gasteiger partial charge in [-0.3, -0.25) is 4.98 Å². The number of aromatic nitrogens is 1. The molecule has 2 nitrogen and oxygen atoms in total. The van der Waals surface area contributed by atoms with E-state index in [4.69, 9.17) is 11.6 Å². The Labute approximate surface area is 123 Å². The Balaban J connectivity index is 2.03. The largest absolute Gasteiger partial charge is 0.317 e. The van der Waals surface area contributed by atoms with Crippen LogP contribution < -0.4 is 5.32 Å². The van der Waals surface area contributed by atoms with Gasteiger partial charge in [0.25, 0.3) is 0 Å². The van der Waals surface area contributed by atoms with Gasteiger partial charge in [0.2, 0.25) is 0 Å². The SMILES string of the molecule is CCNCC(Cc1cncs1)Cc1ccccc1Cl. The van der Waals surface area contributed by atoms with Gasteiger partial charge in [-0.1, -0.05) is 36.7 Å².